The highest BCUT2D eigenvalue weighted by atomic mass is 16.5. The number of carbonyl (C=O) groups is 2. The summed E-state index contributed by atoms with van der Waals surface area (Å²) in [6, 6.07) is 17.8. The summed E-state index contributed by atoms with van der Waals surface area (Å²) < 4.78 is 4.88. The molecule has 1 amide bonds. The van der Waals surface area contributed by atoms with Crippen LogP contribution in [0.15, 0.2) is 54.6 Å². The van der Waals surface area contributed by atoms with Crippen LogP contribution in [-0.2, 0) is 29.0 Å². The van der Waals surface area contributed by atoms with E-state index < -0.39 is 5.97 Å². The maximum Gasteiger partial charge on any atom is 0.341 e. The number of esters is 1. The zero-order valence-corrected chi connectivity index (χ0v) is 19.5. The molecular formula is C28H30N2O4. The van der Waals surface area contributed by atoms with Crippen LogP contribution in [0.1, 0.15) is 39.9 Å². The number of fused-ring (bicyclic) bond motifs is 2. The number of rotatable bonds is 4. The lowest BCUT2D eigenvalue weighted by molar-refractivity contribution is -0.138. The van der Waals surface area contributed by atoms with Gasteiger partial charge in [0.15, 0.2) is 0 Å². The topological polar surface area (TPSA) is 70.1 Å². The van der Waals surface area contributed by atoms with Gasteiger partial charge >= 0.3 is 5.97 Å². The predicted octanol–water partition coefficient (Wildman–Crippen LogP) is 4.13. The van der Waals surface area contributed by atoms with E-state index in [4.69, 9.17) is 4.74 Å². The number of hydrogen-bond donors (Lipinski definition) is 1. The van der Waals surface area contributed by atoms with Crippen LogP contribution in [0.2, 0.25) is 0 Å². The van der Waals surface area contributed by atoms with E-state index in [0.717, 1.165) is 55.2 Å². The minimum Gasteiger partial charge on any atom is -0.507 e. The minimum atomic E-state index is -0.545. The van der Waals surface area contributed by atoms with Gasteiger partial charge in [-0.3, -0.25) is 9.69 Å². The molecule has 3 aromatic carbocycles. The minimum absolute atomic E-state index is 0.0178. The van der Waals surface area contributed by atoms with Crippen molar-refractivity contribution in [1.29, 1.82) is 0 Å². The number of phenolic OH excluding ortho intramolecular Hbond substituents is 1. The maximum absolute atomic E-state index is 13.2. The molecule has 3 aromatic rings. The van der Waals surface area contributed by atoms with Crippen LogP contribution in [0.5, 0.6) is 5.75 Å². The number of carbonyl (C=O) groups excluding carboxylic acids is 2. The maximum atomic E-state index is 13.2. The molecule has 0 bridgehead atoms. The summed E-state index contributed by atoms with van der Waals surface area (Å²) in [7, 11) is 1.32. The van der Waals surface area contributed by atoms with E-state index in [2.05, 4.69) is 23.1 Å². The number of aromatic hydroxyl groups is 1. The van der Waals surface area contributed by atoms with E-state index >= 15 is 0 Å². The number of hydrogen-bond acceptors (Lipinski definition) is 5. The van der Waals surface area contributed by atoms with Gasteiger partial charge in [0, 0.05) is 31.1 Å². The van der Waals surface area contributed by atoms with Crippen molar-refractivity contribution in [3.05, 3.63) is 76.9 Å². The summed E-state index contributed by atoms with van der Waals surface area (Å²) in [6.45, 7) is 3.56. The van der Waals surface area contributed by atoms with E-state index in [1.165, 1.54) is 18.2 Å². The van der Waals surface area contributed by atoms with Crippen molar-refractivity contribution < 1.29 is 19.4 Å². The highest BCUT2D eigenvalue weighted by Gasteiger charge is 2.31. The molecule has 0 unspecified atom stereocenters. The lowest BCUT2D eigenvalue weighted by Gasteiger charge is -2.36. The van der Waals surface area contributed by atoms with E-state index in [-0.39, 0.29) is 23.1 Å². The van der Waals surface area contributed by atoms with Gasteiger partial charge < -0.3 is 14.7 Å². The quantitative estimate of drug-likeness (QED) is 0.596. The second kappa shape index (κ2) is 9.47. The van der Waals surface area contributed by atoms with E-state index in [9.17, 15) is 14.7 Å². The number of likely N-dealkylation sites (tertiary alicyclic amines) is 1. The Morgan fingerprint density at radius 1 is 1.00 bits per heavy atom. The number of amides is 1. The average molecular weight is 459 g/mol. The first-order valence-corrected chi connectivity index (χ1v) is 11.9. The lowest BCUT2D eigenvalue weighted by Crippen LogP contribution is -2.44. The largest absolute Gasteiger partial charge is 0.507 e. The summed E-state index contributed by atoms with van der Waals surface area (Å²) in [5, 5.41) is 12.7. The number of methoxy groups -OCH3 is 1. The van der Waals surface area contributed by atoms with Crippen molar-refractivity contribution in [1.82, 2.24) is 9.80 Å². The van der Waals surface area contributed by atoms with Gasteiger partial charge in [0.1, 0.15) is 11.3 Å². The number of phenols is 1. The SMILES string of the molecule is COC(=O)c1cc2ccccc2c(CN2CCC(C(=O)N3CCc4ccccc4C3)CC2)c1O. The lowest BCUT2D eigenvalue weighted by atomic mass is 9.92. The summed E-state index contributed by atoms with van der Waals surface area (Å²) in [4.78, 5) is 29.7. The van der Waals surface area contributed by atoms with Crippen LogP contribution < -0.4 is 0 Å². The second-order valence-electron chi connectivity index (χ2n) is 9.29. The van der Waals surface area contributed by atoms with Crippen LogP contribution in [0.3, 0.4) is 0 Å². The van der Waals surface area contributed by atoms with Crippen LogP contribution >= 0.6 is 0 Å². The van der Waals surface area contributed by atoms with Crippen molar-refractivity contribution in [2.75, 3.05) is 26.7 Å². The second-order valence-corrected chi connectivity index (χ2v) is 9.29. The first-order valence-electron chi connectivity index (χ1n) is 11.9. The molecule has 1 fully saturated rings. The molecule has 0 saturated carbocycles. The third-order valence-electron chi connectivity index (χ3n) is 7.29. The summed E-state index contributed by atoms with van der Waals surface area (Å²) in [5.41, 5.74) is 3.53. The Labute approximate surface area is 199 Å². The summed E-state index contributed by atoms with van der Waals surface area (Å²) in [6.07, 6.45) is 2.52. The summed E-state index contributed by atoms with van der Waals surface area (Å²) >= 11 is 0. The molecule has 34 heavy (non-hydrogen) atoms. The molecule has 1 saturated heterocycles. The Hall–Kier alpha value is -3.38. The van der Waals surface area contributed by atoms with E-state index in [1.54, 1.807) is 6.07 Å². The van der Waals surface area contributed by atoms with E-state index in [0.29, 0.717) is 13.1 Å². The van der Waals surface area contributed by atoms with Gasteiger partial charge in [0.2, 0.25) is 5.91 Å². The molecule has 2 heterocycles. The van der Waals surface area contributed by atoms with Gasteiger partial charge in [-0.05, 0) is 60.3 Å². The first-order chi connectivity index (χ1) is 16.5. The molecule has 0 aliphatic carbocycles. The molecular weight excluding hydrogens is 428 g/mol. The Kier molecular flexibility index (Phi) is 6.24. The van der Waals surface area contributed by atoms with Crippen LogP contribution in [0.4, 0.5) is 0 Å². The van der Waals surface area contributed by atoms with Crippen LogP contribution in [0, 0.1) is 5.92 Å². The molecule has 5 rings (SSSR count). The normalized spacial score (nSPS) is 16.9. The van der Waals surface area contributed by atoms with Crippen molar-refractivity contribution in [3.8, 4) is 5.75 Å². The number of benzene rings is 3. The zero-order valence-electron chi connectivity index (χ0n) is 19.5. The van der Waals surface area contributed by atoms with Gasteiger partial charge in [-0.25, -0.2) is 4.79 Å². The molecule has 2 aliphatic heterocycles. The standard InChI is InChI=1S/C28H30N2O4/c1-34-28(33)24-16-21-7-4-5-9-23(21)25(26(24)31)18-29-13-10-20(11-14-29)27(32)30-15-12-19-6-2-3-8-22(19)17-30/h2-9,16,20,31H,10-15,17-18H2,1H3. The third-order valence-corrected chi connectivity index (χ3v) is 7.29. The number of ether oxygens (including phenoxy) is 1. The van der Waals surface area contributed by atoms with E-state index in [1.807, 2.05) is 35.2 Å². The first kappa shape index (κ1) is 22.4. The van der Waals surface area contributed by atoms with Gasteiger partial charge in [-0.2, -0.15) is 0 Å². The average Bonchev–Trinajstić information content (AvgIpc) is 2.89. The Balaban J connectivity index is 1.28. The fraction of sp³-hybridized carbons (Fsp3) is 0.357. The van der Waals surface area contributed by atoms with Crippen LogP contribution in [0.25, 0.3) is 10.8 Å². The molecule has 6 nitrogen and oxygen atoms in total. The van der Waals surface area contributed by atoms with Crippen molar-refractivity contribution in [2.45, 2.75) is 32.4 Å². The van der Waals surface area contributed by atoms with Gasteiger partial charge in [0.05, 0.1) is 7.11 Å². The molecule has 0 atom stereocenters. The predicted molar refractivity (Wildman–Crippen MR) is 131 cm³/mol. The fourth-order valence-electron chi connectivity index (χ4n) is 5.34. The fourth-order valence-corrected chi connectivity index (χ4v) is 5.34. The molecule has 0 radical (unpaired) electrons. The Morgan fingerprint density at radius 2 is 1.71 bits per heavy atom. The molecule has 1 N–H and O–H groups in total. The van der Waals surface area contributed by atoms with Crippen LogP contribution in [-0.4, -0.2) is 53.5 Å². The highest BCUT2D eigenvalue weighted by molar-refractivity contribution is 6.00. The van der Waals surface area contributed by atoms with Gasteiger partial charge in [0.25, 0.3) is 0 Å². The molecule has 6 heteroatoms. The Bertz CT molecular complexity index is 1230. The smallest absolute Gasteiger partial charge is 0.341 e. The van der Waals surface area contributed by atoms with Crippen molar-refractivity contribution >= 4 is 22.6 Å². The third kappa shape index (κ3) is 4.26. The molecule has 0 spiro atoms. The van der Waals surface area contributed by atoms with Gasteiger partial charge in [-0.1, -0.05) is 48.5 Å². The van der Waals surface area contributed by atoms with Crippen molar-refractivity contribution in [3.63, 3.8) is 0 Å². The zero-order chi connectivity index (χ0) is 23.7. The Morgan fingerprint density at radius 3 is 2.47 bits per heavy atom. The van der Waals surface area contributed by atoms with Gasteiger partial charge in [-0.15, -0.1) is 0 Å². The highest BCUT2D eigenvalue weighted by Crippen LogP contribution is 2.34. The number of nitrogens with zero attached hydrogens (tertiary/aromatic N) is 2. The molecule has 0 aromatic heterocycles. The molecule has 2 aliphatic rings. The molecule has 176 valence electrons. The monoisotopic (exact) mass is 458 g/mol. The number of piperidine rings is 1. The van der Waals surface area contributed by atoms with Crippen molar-refractivity contribution in [2.24, 2.45) is 5.92 Å². The summed E-state index contributed by atoms with van der Waals surface area (Å²) in [5.74, 6) is -0.268.